The van der Waals surface area contributed by atoms with Crippen molar-refractivity contribution in [2.75, 3.05) is 25.4 Å². The summed E-state index contributed by atoms with van der Waals surface area (Å²) in [4.78, 5) is 14.8. The third kappa shape index (κ3) is 7.16. The lowest BCUT2D eigenvalue weighted by molar-refractivity contribution is 0.0956. The highest BCUT2D eigenvalue weighted by Crippen LogP contribution is 2.16. The molecule has 2 aromatic carbocycles. The highest BCUT2D eigenvalue weighted by molar-refractivity contribution is 7.98. The monoisotopic (exact) mass is 416 g/mol. The molecule has 0 atom stereocenters. The van der Waals surface area contributed by atoms with Crippen LogP contribution in [0.5, 0.6) is 0 Å². The fourth-order valence-electron chi connectivity index (χ4n) is 3.42. The normalized spacial score (nSPS) is 15.2. The smallest absolute Gasteiger partial charge is 0.251 e. The van der Waals surface area contributed by atoms with Gasteiger partial charge in [0.1, 0.15) is 0 Å². The fourth-order valence-corrected chi connectivity index (χ4v) is 4.37. The average molecular weight is 417 g/mol. The van der Waals surface area contributed by atoms with E-state index in [2.05, 4.69) is 22.3 Å². The first-order chi connectivity index (χ1) is 13.7. The number of amides is 1. The van der Waals surface area contributed by atoms with E-state index in [1.807, 2.05) is 48.2 Å². The maximum atomic E-state index is 12.3. The first kappa shape index (κ1) is 21.2. The molecule has 0 unspecified atom stereocenters. The number of thioether (sulfide) groups is 1. The number of nitrogens with zero attached hydrogens (tertiary/aromatic N) is 1. The SMILES string of the molecule is O=C(NCCSCc1ccc(Cl)cc1)c1ccc(CN2CCCCCC2)cc1. The molecule has 1 saturated heterocycles. The quantitative estimate of drug-likeness (QED) is 0.586. The number of hydrogen-bond donors (Lipinski definition) is 1. The molecule has 3 rings (SSSR count). The molecule has 2 aromatic rings. The number of halogens is 1. The Morgan fingerprint density at radius 1 is 0.929 bits per heavy atom. The first-order valence-corrected chi connectivity index (χ1v) is 11.7. The van der Waals surface area contributed by atoms with Crippen molar-refractivity contribution in [3.05, 3.63) is 70.2 Å². The number of carbonyl (C=O) groups excluding carboxylic acids is 1. The molecule has 0 bridgehead atoms. The van der Waals surface area contributed by atoms with Crippen LogP contribution in [0.3, 0.4) is 0 Å². The predicted octanol–water partition coefficient (Wildman–Crippen LogP) is 5.38. The summed E-state index contributed by atoms with van der Waals surface area (Å²) in [6, 6.07) is 16.0. The summed E-state index contributed by atoms with van der Waals surface area (Å²) < 4.78 is 0. The van der Waals surface area contributed by atoms with E-state index in [9.17, 15) is 4.79 Å². The van der Waals surface area contributed by atoms with E-state index in [0.29, 0.717) is 6.54 Å². The van der Waals surface area contributed by atoms with Crippen LogP contribution < -0.4 is 5.32 Å². The van der Waals surface area contributed by atoms with Gasteiger partial charge in [0.2, 0.25) is 0 Å². The summed E-state index contributed by atoms with van der Waals surface area (Å²) in [7, 11) is 0. The highest BCUT2D eigenvalue weighted by Gasteiger charge is 2.10. The van der Waals surface area contributed by atoms with Crippen LogP contribution in [0.15, 0.2) is 48.5 Å². The molecule has 1 aliphatic rings. The van der Waals surface area contributed by atoms with Crippen LogP contribution in [0, 0.1) is 0 Å². The Morgan fingerprint density at radius 2 is 1.57 bits per heavy atom. The lowest BCUT2D eigenvalue weighted by Gasteiger charge is -2.19. The van der Waals surface area contributed by atoms with Crippen molar-refractivity contribution < 1.29 is 4.79 Å². The largest absolute Gasteiger partial charge is 0.351 e. The van der Waals surface area contributed by atoms with Gasteiger partial charge in [-0.1, -0.05) is 48.7 Å². The van der Waals surface area contributed by atoms with Gasteiger partial charge < -0.3 is 5.32 Å². The Morgan fingerprint density at radius 3 is 2.25 bits per heavy atom. The molecule has 0 spiro atoms. The van der Waals surface area contributed by atoms with Gasteiger partial charge in [-0.25, -0.2) is 0 Å². The Hall–Kier alpha value is -1.49. The zero-order valence-corrected chi connectivity index (χ0v) is 17.9. The number of benzene rings is 2. The lowest BCUT2D eigenvalue weighted by Crippen LogP contribution is -2.26. The Bertz CT molecular complexity index is 725. The van der Waals surface area contributed by atoms with Crippen LogP contribution in [0.25, 0.3) is 0 Å². The van der Waals surface area contributed by atoms with Gasteiger partial charge in [-0.2, -0.15) is 11.8 Å². The van der Waals surface area contributed by atoms with Crippen LogP contribution >= 0.6 is 23.4 Å². The van der Waals surface area contributed by atoms with Crippen molar-refractivity contribution in [1.82, 2.24) is 10.2 Å². The number of hydrogen-bond acceptors (Lipinski definition) is 3. The van der Waals surface area contributed by atoms with E-state index in [4.69, 9.17) is 11.6 Å². The van der Waals surface area contributed by atoms with Crippen molar-refractivity contribution >= 4 is 29.3 Å². The van der Waals surface area contributed by atoms with Gasteiger partial charge >= 0.3 is 0 Å². The molecule has 1 N–H and O–H groups in total. The van der Waals surface area contributed by atoms with Crippen LogP contribution in [0.1, 0.15) is 47.2 Å². The Balaban J connectivity index is 1.36. The van der Waals surface area contributed by atoms with Gasteiger partial charge in [0.15, 0.2) is 0 Å². The van der Waals surface area contributed by atoms with E-state index in [1.165, 1.54) is 49.9 Å². The third-order valence-electron chi connectivity index (χ3n) is 5.03. The summed E-state index contributed by atoms with van der Waals surface area (Å²) in [6.45, 7) is 4.04. The molecule has 0 aromatic heterocycles. The average Bonchev–Trinajstić information content (AvgIpc) is 2.98. The predicted molar refractivity (Wildman–Crippen MR) is 120 cm³/mol. The molecule has 0 saturated carbocycles. The second-order valence-electron chi connectivity index (χ2n) is 7.32. The first-order valence-electron chi connectivity index (χ1n) is 10.1. The zero-order valence-electron chi connectivity index (χ0n) is 16.3. The fraction of sp³-hybridized carbons (Fsp3) is 0.435. The highest BCUT2D eigenvalue weighted by atomic mass is 35.5. The summed E-state index contributed by atoms with van der Waals surface area (Å²) in [5.41, 5.74) is 3.28. The number of nitrogens with one attached hydrogen (secondary N) is 1. The minimum absolute atomic E-state index is 0.00779. The van der Waals surface area contributed by atoms with Gasteiger partial charge in [0, 0.05) is 35.2 Å². The molecular formula is C23H29ClN2OS. The molecule has 0 radical (unpaired) electrons. The molecule has 150 valence electrons. The minimum Gasteiger partial charge on any atom is -0.351 e. The molecule has 3 nitrogen and oxygen atoms in total. The molecule has 0 aliphatic carbocycles. The van der Waals surface area contributed by atoms with E-state index in [1.54, 1.807) is 0 Å². The van der Waals surface area contributed by atoms with Gasteiger partial charge in [0.05, 0.1) is 0 Å². The van der Waals surface area contributed by atoms with Crippen LogP contribution in [0.4, 0.5) is 0 Å². The number of likely N-dealkylation sites (tertiary alicyclic amines) is 1. The topological polar surface area (TPSA) is 32.3 Å². The second kappa shape index (κ2) is 11.5. The lowest BCUT2D eigenvalue weighted by atomic mass is 10.1. The number of rotatable bonds is 8. The van der Waals surface area contributed by atoms with Gasteiger partial charge in [-0.3, -0.25) is 9.69 Å². The second-order valence-corrected chi connectivity index (χ2v) is 8.86. The van der Waals surface area contributed by atoms with Gasteiger partial charge in [0.25, 0.3) is 5.91 Å². The summed E-state index contributed by atoms with van der Waals surface area (Å²) in [6.07, 6.45) is 5.31. The van der Waals surface area contributed by atoms with E-state index in [-0.39, 0.29) is 5.91 Å². The van der Waals surface area contributed by atoms with Crippen molar-refractivity contribution in [2.24, 2.45) is 0 Å². The third-order valence-corrected chi connectivity index (χ3v) is 6.32. The molecule has 1 fully saturated rings. The van der Waals surface area contributed by atoms with Crippen molar-refractivity contribution in [2.45, 2.75) is 38.0 Å². The zero-order chi connectivity index (χ0) is 19.6. The van der Waals surface area contributed by atoms with E-state index >= 15 is 0 Å². The van der Waals surface area contributed by atoms with Crippen molar-refractivity contribution in [1.29, 1.82) is 0 Å². The molecule has 1 aliphatic heterocycles. The van der Waals surface area contributed by atoms with E-state index in [0.717, 1.165) is 28.6 Å². The maximum Gasteiger partial charge on any atom is 0.251 e. The standard InChI is InChI=1S/C23H29ClN2OS/c24-22-11-7-20(8-12-22)18-28-16-13-25-23(27)21-9-5-19(6-10-21)17-26-14-3-1-2-4-15-26/h5-12H,1-4,13-18H2,(H,25,27). The molecule has 5 heteroatoms. The van der Waals surface area contributed by atoms with Crippen LogP contribution in [-0.2, 0) is 12.3 Å². The maximum absolute atomic E-state index is 12.3. The molecular weight excluding hydrogens is 388 g/mol. The van der Waals surface area contributed by atoms with Crippen LogP contribution in [-0.4, -0.2) is 36.2 Å². The van der Waals surface area contributed by atoms with Crippen LogP contribution in [0.2, 0.25) is 5.02 Å². The van der Waals surface area contributed by atoms with Gasteiger partial charge in [-0.05, 0) is 61.3 Å². The van der Waals surface area contributed by atoms with Crippen molar-refractivity contribution in [3.63, 3.8) is 0 Å². The Labute approximate surface area is 177 Å². The number of carbonyl (C=O) groups is 1. The van der Waals surface area contributed by atoms with Crippen molar-refractivity contribution in [3.8, 4) is 0 Å². The Kier molecular flexibility index (Phi) is 8.71. The van der Waals surface area contributed by atoms with Gasteiger partial charge in [-0.15, -0.1) is 0 Å². The molecule has 1 heterocycles. The summed E-state index contributed by atoms with van der Waals surface area (Å²) >= 11 is 7.71. The molecule has 1 amide bonds. The van der Waals surface area contributed by atoms with E-state index < -0.39 is 0 Å². The minimum atomic E-state index is 0.00779. The molecule has 28 heavy (non-hydrogen) atoms. The summed E-state index contributed by atoms with van der Waals surface area (Å²) in [5, 5.41) is 3.77. The summed E-state index contributed by atoms with van der Waals surface area (Å²) in [5.74, 6) is 1.83.